The fourth-order valence-electron chi connectivity index (χ4n) is 1.47. The second-order valence-corrected chi connectivity index (χ2v) is 4.10. The molecule has 1 aromatic carbocycles. The summed E-state index contributed by atoms with van der Waals surface area (Å²) < 4.78 is 4.71. The lowest BCUT2D eigenvalue weighted by atomic mass is 10.1. The van der Waals surface area contributed by atoms with E-state index in [0.717, 1.165) is 11.3 Å². The average molecular weight is 252 g/mol. The Balaban J connectivity index is 2.51. The van der Waals surface area contributed by atoms with Crippen LogP contribution in [-0.4, -0.2) is 38.4 Å². The molecule has 0 saturated heterocycles. The Labute approximate surface area is 107 Å². The molecule has 0 aliphatic heterocycles. The number of rotatable bonds is 5. The number of alkyl carbamates (subject to hydrolysis) is 1. The Hall–Kier alpha value is -1.75. The van der Waals surface area contributed by atoms with Gasteiger partial charge in [0.05, 0.1) is 19.3 Å². The van der Waals surface area contributed by atoms with E-state index < -0.39 is 12.2 Å². The number of benzene rings is 1. The van der Waals surface area contributed by atoms with Crippen molar-refractivity contribution in [3.8, 4) is 0 Å². The lowest BCUT2D eigenvalue weighted by molar-refractivity contribution is 0.135. The highest BCUT2D eigenvalue weighted by Gasteiger charge is 2.09. The molecule has 0 spiro atoms. The maximum Gasteiger partial charge on any atom is 0.407 e. The van der Waals surface area contributed by atoms with Gasteiger partial charge in [0.15, 0.2) is 0 Å². The molecule has 0 aliphatic rings. The number of carbonyl (C=O) groups is 1. The molecule has 0 fully saturated rings. The van der Waals surface area contributed by atoms with Crippen molar-refractivity contribution in [3.63, 3.8) is 0 Å². The summed E-state index contributed by atoms with van der Waals surface area (Å²) in [6.07, 6.45) is -1.24. The third kappa shape index (κ3) is 4.25. The monoisotopic (exact) mass is 252 g/mol. The lowest BCUT2D eigenvalue weighted by Crippen LogP contribution is -2.28. The molecule has 0 radical (unpaired) electrons. The van der Waals surface area contributed by atoms with E-state index in [-0.39, 0.29) is 6.54 Å². The summed E-state index contributed by atoms with van der Waals surface area (Å²) in [7, 11) is 3.90. The van der Waals surface area contributed by atoms with Crippen molar-refractivity contribution in [1.82, 2.24) is 5.32 Å². The van der Waals surface area contributed by atoms with Crippen LogP contribution >= 0.6 is 0 Å². The predicted molar refractivity (Wildman–Crippen MR) is 70.8 cm³/mol. The minimum Gasteiger partial charge on any atom is -0.450 e. The summed E-state index contributed by atoms with van der Waals surface area (Å²) in [4.78, 5) is 13.1. The third-order valence-electron chi connectivity index (χ3n) is 2.51. The minimum atomic E-state index is -0.731. The zero-order chi connectivity index (χ0) is 13.5. The van der Waals surface area contributed by atoms with Gasteiger partial charge >= 0.3 is 6.09 Å². The van der Waals surface area contributed by atoms with E-state index in [2.05, 4.69) is 5.32 Å². The predicted octanol–water partition coefficient (Wildman–Crippen LogP) is 1.53. The number of ether oxygens (including phenoxy) is 1. The Bertz CT molecular complexity index is 376. The van der Waals surface area contributed by atoms with Gasteiger partial charge < -0.3 is 20.1 Å². The molecule has 1 aromatic rings. The van der Waals surface area contributed by atoms with Crippen LogP contribution < -0.4 is 10.2 Å². The zero-order valence-corrected chi connectivity index (χ0v) is 11.0. The van der Waals surface area contributed by atoms with Crippen molar-refractivity contribution in [1.29, 1.82) is 0 Å². The van der Waals surface area contributed by atoms with Gasteiger partial charge in [0.1, 0.15) is 0 Å². The molecule has 5 nitrogen and oxygen atoms in total. The number of anilines is 1. The largest absolute Gasteiger partial charge is 0.450 e. The Morgan fingerprint density at radius 3 is 2.50 bits per heavy atom. The van der Waals surface area contributed by atoms with Crippen molar-refractivity contribution in [3.05, 3.63) is 29.8 Å². The summed E-state index contributed by atoms with van der Waals surface area (Å²) in [6, 6.07) is 7.52. The molecule has 5 heteroatoms. The number of amides is 1. The van der Waals surface area contributed by atoms with E-state index in [1.54, 1.807) is 6.92 Å². The zero-order valence-electron chi connectivity index (χ0n) is 11.0. The highest BCUT2D eigenvalue weighted by Crippen LogP contribution is 2.17. The smallest absolute Gasteiger partial charge is 0.407 e. The van der Waals surface area contributed by atoms with Crippen LogP contribution in [-0.2, 0) is 4.74 Å². The van der Waals surface area contributed by atoms with Gasteiger partial charge in [-0.3, -0.25) is 0 Å². The molecule has 100 valence electrons. The summed E-state index contributed by atoms with van der Waals surface area (Å²) >= 11 is 0. The molecular weight excluding hydrogens is 232 g/mol. The molecule has 0 aliphatic carbocycles. The molecule has 18 heavy (non-hydrogen) atoms. The van der Waals surface area contributed by atoms with E-state index >= 15 is 0 Å². The van der Waals surface area contributed by atoms with Crippen LogP contribution in [0.15, 0.2) is 24.3 Å². The normalized spacial score (nSPS) is 11.8. The summed E-state index contributed by atoms with van der Waals surface area (Å²) in [5.41, 5.74) is 1.82. The van der Waals surface area contributed by atoms with Crippen molar-refractivity contribution in [2.45, 2.75) is 13.0 Å². The van der Waals surface area contributed by atoms with Crippen LogP contribution in [0.4, 0.5) is 10.5 Å². The Morgan fingerprint density at radius 1 is 1.39 bits per heavy atom. The van der Waals surface area contributed by atoms with E-state index in [9.17, 15) is 9.90 Å². The second kappa shape index (κ2) is 6.86. The van der Waals surface area contributed by atoms with Gasteiger partial charge in [0, 0.05) is 19.8 Å². The fourth-order valence-corrected chi connectivity index (χ4v) is 1.47. The lowest BCUT2D eigenvalue weighted by Gasteiger charge is -2.15. The molecule has 1 amide bonds. The quantitative estimate of drug-likeness (QED) is 0.834. The van der Waals surface area contributed by atoms with Gasteiger partial charge in [-0.25, -0.2) is 4.79 Å². The van der Waals surface area contributed by atoms with Crippen LogP contribution in [0.3, 0.4) is 0 Å². The minimum absolute atomic E-state index is 0.139. The molecule has 0 bridgehead atoms. The number of hydrogen-bond donors (Lipinski definition) is 2. The van der Waals surface area contributed by atoms with E-state index in [4.69, 9.17) is 4.74 Å². The molecule has 0 saturated carbocycles. The molecule has 1 atom stereocenters. The van der Waals surface area contributed by atoms with Gasteiger partial charge in [-0.2, -0.15) is 0 Å². The SMILES string of the molecule is CCOC(=O)NCC(O)c1ccc(N(C)C)cc1. The number of carbonyl (C=O) groups excluding carboxylic acids is 1. The highest BCUT2D eigenvalue weighted by atomic mass is 16.5. The maximum atomic E-state index is 11.1. The van der Waals surface area contributed by atoms with Crippen LogP contribution in [0, 0.1) is 0 Å². The molecule has 2 N–H and O–H groups in total. The van der Waals surface area contributed by atoms with E-state index in [1.165, 1.54) is 0 Å². The van der Waals surface area contributed by atoms with E-state index in [0.29, 0.717) is 6.61 Å². The van der Waals surface area contributed by atoms with Crippen LogP contribution in [0.25, 0.3) is 0 Å². The maximum absolute atomic E-state index is 11.1. The first kappa shape index (κ1) is 14.3. The second-order valence-electron chi connectivity index (χ2n) is 4.10. The summed E-state index contributed by atoms with van der Waals surface area (Å²) in [6.45, 7) is 2.19. The highest BCUT2D eigenvalue weighted by molar-refractivity contribution is 5.67. The van der Waals surface area contributed by atoms with Gasteiger partial charge in [-0.1, -0.05) is 12.1 Å². The van der Waals surface area contributed by atoms with E-state index in [1.807, 2.05) is 43.3 Å². The molecule has 0 aromatic heterocycles. The van der Waals surface area contributed by atoms with Gasteiger partial charge in [0.2, 0.25) is 0 Å². The number of aliphatic hydroxyl groups is 1. The van der Waals surface area contributed by atoms with Crippen LogP contribution in [0.2, 0.25) is 0 Å². The Morgan fingerprint density at radius 2 is 2.00 bits per heavy atom. The van der Waals surface area contributed by atoms with Gasteiger partial charge in [-0.15, -0.1) is 0 Å². The van der Waals surface area contributed by atoms with Gasteiger partial charge in [-0.05, 0) is 24.6 Å². The number of nitrogens with zero attached hydrogens (tertiary/aromatic N) is 1. The molecule has 1 unspecified atom stereocenters. The van der Waals surface area contributed by atoms with Crippen molar-refractivity contribution in [2.75, 3.05) is 32.1 Å². The fraction of sp³-hybridized carbons (Fsp3) is 0.462. The van der Waals surface area contributed by atoms with Crippen molar-refractivity contribution in [2.24, 2.45) is 0 Å². The summed E-state index contributed by atoms with van der Waals surface area (Å²) in [5.74, 6) is 0. The number of nitrogens with one attached hydrogen (secondary N) is 1. The Kier molecular flexibility index (Phi) is 5.45. The topological polar surface area (TPSA) is 61.8 Å². The molecule has 0 heterocycles. The number of aliphatic hydroxyl groups excluding tert-OH is 1. The molecule has 1 rings (SSSR count). The van der Waals surface area contributed by atoms with Crippen LogP contribution in [0.5, 0.6) is 0 Å². The third-order valence-corrected chi connectivity index (χ3v) is 2.51. The molecular formula is C13H20N2O3. The van der Waals surface area contributed by atoms with Crippen molar-refractivity contribution < 1.29 is 14.6 Å². The number of hydrogen-bond acceptors (Lipinski definition) is 4. The first-order valence-electron chi connectivity index (χ1n) is 5.90. The van der Waals surface area contributed by atoms with Crippen molar-refractivity contribution >= 4 is 11.8 Å². The average Bonchev–Trinajstić information content (AvgIpc) is 2.36. The first-order valence-corrected chi connectivity index (χ1v) is 5.90. The summed E-state index contributed by atoms with van der Waals surface area (Å²) in [5, 5.41) is 12.4. The van der Waals surface area contributed by atoms with Crippen LogP contribution in [0.1, 0.15) is 18.6 Å². The standard InChI is InChI=1S/C13H20N2O3/c1-4-18-13(17)14-9-12(16)10-5-7-11(8-6-10)15(2)3/h5-8,12,16H,4,9H2,1-3H3,(H,14,17). The van der Waals surface area contributed by atoms with Gasteiger partial charge in [0.25, 0.3) is 0 Å². The first-order chi connectivity index (χ1) is 8.54.